The first kappa shape index (κ1) is 15.3. The van der Waals surface area contributed by atoms with Gasteiger partial charge in [-0.15, -0.1) is 0 Å². The van der Waals surface area contributed by atoms with Gasteiger partial charge in [-0.2, -0.15) is 0 Å². The summed E-state index contributed by atoms with van der Waals surface area (Å²) in [4.78, 5) is 2.49. The number of hydrogen-bond donors (Lipinski definition) is 1. The molecule has 1 saturated heterocycles. The highest BCUT2D eigenvalue weighted by molar-refractivity contribution is 5.31. The van der Waals surface area contributed by atoms with E-state index in [4.69, 9.17) is 4.74 Å². The van der Waals surface area contributed by atoms with Crippen LogP contribution in [-0.2, 0) is 5.41 Å². The van der Waals surface area contributed by atoms with Crippen molar-refractivity contribution in [3.63, 3.8) is 0 Å². The lowest BCUT2D eigenvalue weighted by atomic mass is 9.87. The van der Waals surface area contributed by atoms with Crippen LogP contribution in [0.2, 0.25) is 0 Å². The monoisotopic (exact) mass is 276 g/mol. The van der Waals surface area contributed by atoms with Crippen LogP contribution in [0.5, 0.6) is 5.75 Å². The normalized spacial score (nSPS) is 18.8. The highest BCUT2D eigenvalue weighted by atomic mass is 16.5. The largest absolute Gasteiger partial charge is 0.492 e. The Morgan fingerprint density at radius 3 is 2.30 bits per heavy atom. The number of ether oxygens (including phenoxy) is 1. The molecule has 1 fully saturated rings. The molecule has 1 aromatic carbocycles. The molecule has 1 heterocycles. The lowest BCUT2D eigenvalue weighted by molar-refractivity contribution is 0.132. The quantitative estimate of drug-likeness (QED) is 0.915. The summed E-state index contributed by atoms with van der Waals surface area (Å²) in [7, 11) is 0. The van der Waals surface area contributed by atoms with Crippen LogP contribution in [0.15, 0.2) is 24.3 Å². The molecule has 1 aromatic rings. The summed E-state index contributed by atoms with van der Waals surface area (Å²) in [6.45, 7) is 14.1. The van der Waals surface area contributed by atoms with E-state index in [0.29, 0.717) is 6.04 Å². The highest BCUT2D eigenvalue weighted by Crippen LogP contribution is 2.24. The Morgan fingerprint density at radius 2 is 1.75 bits per heavy atom. The van der Waals surface area contributed by atoms with Crippen LogP contribution in [-0.4, -0.2) is 43.7 Å². The van der Waals surface area contributed by atoms with Gasteiger partial charge in [0.05, 0.1) is 0 Å². The van der Waals surface area contributed by atoms with Crippen molar-refractivity contribution < 1.29 is 4.74 Å². The van der Waals surface area contributed by atoms with Gasteiger partial charge in [0.2, 0.25) is 0 Å². The van der Waals surface area contributed by atoms with Crippen molar-refractivity contribution in [1.29, 1.82) is 0 Å². The van der Waals surface area contributed by atoms with E-state index in [1.165, 1.54) is 5.56 Å². The van der Waals surface area contributed by atoms with Gasteiger partial charge < -0.3 is 10.1 Å². The molecule has 1 aliphatic heterocycles. The lowest BCUT2D eigenvalue weighted by Gasteiger charge is -2.32. The molecule has 3 heteroatoms. The minimum Gasteiger partial charge on any atom is -0.492 e. The Morgan fingerprint density at radius 1 is 1.15 bits per heavy atom. The van der Waals surface area contributed by atoms with Crippen LogP contribution >= 0.6 is 0 Å². The second kappa shape index (κ2) is 6.59. The Hall–Kier alpha value is -1.06. The number of piperazine rings is 1. The van der Waals surface area contributed by atoms with Crippen LogP contribution in [0.4, 0.5) is 0 Å². The molecule has 20 heavy (non-hydrogen) atoms. The van der Waals surface area contributed by atoms with Crippen molar-refractivity contribution in [1.82, 2.24) is 10.2 Å². The highest BCUT2D eigenvalue weighted by Gasteiger charge is 2.17. The molecule has 1 aliphatic rings. The Labute approximate surface area is 123 Å². The number of nitrogens with one attached hydrogen (secondary N) is 1. The zero-order valence-corrected chi connectivity index (χ0v) is 13.3. The first-order chi connectivity index (χ1) is 9.47. The molecule has 0 aromatic heterocycles. The van der Waals surface area contributed by atoms with Gasteiger partial charge in [0.15, 0.2) is 0 Å². The molecular formula is C17H28N2O. The second-order valence-corrected chi connectivity index (χ2v) is 6.72. The summed E-state index contributed by atoms with van der Waals surface area (Å²) in [6.07, 6.45) is 0. The predicted octanol–water partition coefficient (Wildman–Crippen LogP) is 2.66. The van der Waals surface area contributed by atoms with E-state index in [1.54, 1.807) is 0 Å². The Bertz CT molecular complexity index is 402. The molecule has 112 valence electrons. The fourth-order valence-electron chi connectivity index (χ4n) is 2.50. The summed E-state index contributed by atoms with van der Waals surface area (Å²) >= 11 is 0. The zero-order chi connectivity index (χ0) is 14.6. The maximum atomic E-state index is 5.93. The van der Waals surface area contributed by atoms with Crippen molar-refractivity contribution in [3.05, 3.63) is 29.8 Å². The van der Waals surface area contributed by atoms with Crippen molar-refractivity contribution >= 4 is 0 Å². The maximum absolute atomic E-state index is 5.93. The van der Waals surface area contributed by atoms with Crippen molar-refractivity contribution in [2.24, 2.45) is 0 Å². The molecular weight excluding hydrogens is 248 g/mol. The van der Waals surface area contributed by atoms with Gasteiger partial charge in [-0.3, -0.25) is 4.90 Å². The molecule has 0 bridgehead atoms. The molecule has 0 saturated carbocycles. The number of rotatable bonds is 4. The predicted molar refractivity (Wildman–Crippen MR) is 84.5 cm³/mol. The average molecular weight is 276 g/mol. The third-order valence-electron chi connectivity index (χ3n) is 3.99. The van der Waals surface area contributed by atoms with E-state index in [2.05, 4.69) is 62.2 Å². The van der Waals surface area contributed by atoms with E-state index in [-0.39, 0.29) is 5.41 Å². The summed E-state index contributed by atoms with van der Waals surface area (Å²) in [5.41, 5.74) is 1.55. The first-order valence-corrected chi connectivity index (χ1v) is 7.65. The van der Waals surface area contributed by atoms with Crippen molar-refractivity contribution in [3.8, 4) is 5.75 Å². The van der Waals surface area contributed by atoms with Gasteiger partial charge in [-0.1, -0.05) is 32.9 Å². The summed E-state index contributed by atoms with van der Waals surface area (Å²) in [5.74, 6) is 0.972. The van der Waals surface area contributed by atoms with Gasteiger partial charge in [0, 0.05) is 32.2 Å². The molecule has 3 nitrogen and oxygen atoms in total. The Balaban J connectivity index is 1.84. The number of benzene rings is 1. The average Bonchev–Trinajstić information content (AvgIpc) is 2.45. The molecule has 1 N–H and O–H groups in total. The minimum absolute atomic E-state index is 0.201. The van der Waals surface area contributed by atoms with Crippen LogP contribution in [0.3, 0.4) is 0 Å². The van der Waals surface area contributed by atoms with E-state index in [1.807, 2.05) is 0 Å². The second-order valence-electron chi connectivity index (χ2n) is 6.72. The first-order valence-electron chi connectivity index (χ1n) is 7.65. The van der Waals surface area contributed by atoms with Crippen molar-refractivity contribution in [2.45, 2.75) is 39.2 Å². The van der Waals surface area contributed by atoms with E-state index < -0.39 is 0 Å². The van der Waals surface area contributed by atoms with Crippen LogP contribution in [0, 0.1) is 0 Å². The third-order valence-corrected chi connectivity index (χ3v) is 3.99. The third kappa shape index (κ3) is 4.22. The molecule has 0 radical (unpaired) electrons. The van der Waals surface area contributed by atoms with Crippen LogP contribution in [0.25, 0.3) is 0 Å². The van der Waals surface area contributed by atoms with Gasteiger partial charge >= 0.3 is 0 Å². The van der Waals surface area contributed by atoms with Crippen molar-refractivity contribution in [2.75, 3.05) is 32.8 Å². The molecule has 0 aliphatic carbocycles. The van der Waals surface area contributed by atoms with Crippen LogP contribution in [0.1, 0.15) is 33.3 Å². The van der Waals surface area contributed by atoms with Gasteiger partial charge in [0.1, 0.15) is 12.4 Å². The number of nitrogens with zero attached hydrogens (tertiary/aromatic N) is 1. The lowest BCUT2D eigenvalue weighted by Crippen LogP contribution is -2.49. The smallest absolute Gasteiger partial charge is 0.119 e. The summed E-state index contributed by atoms with van der Waals surface area (Å²) in [5, 5.41) is 3.38. The molecule has 1 atom stereocenters. The molecule has 0 amide bonds. The minimum atomic E-state index is 0.201. The van der Waals surface area contributed by atoms with E-state index in [9.17, 15) is 0 Å². The fraction of sp³-hybridized carbons (Fsp3) is 0.647. The maximum Gasteiger partial charge on any atom is 0.119 e. The zero-order valence-electron chi connectivity index (χ0n) is 13.3. The van der Waals surface area contributed by atoms with Gasteiger partial charge in [0.25, 0.3) is 0 Å². The Kier molecular flexibility index (Phi) is 5.06. The van der Waals surface area contributed by atoms with Crippen LogP contribution < -0.4 is 10.1 Å². The molecule has 2 rings (SSSR count). The standard InChI is InChI=1S/C17H28N2O/c1-14(19-11-9-18-10-12-19)13-20-16-7-5-15(6-8-16)17(2,3)4/h5-8,14,18H,9-13H2,1-4H3. The molecule has 0 spiro atoms. The van der Waals surface area contributed by atoms with E-state index in [0.717, 1.165) is 38.5 Å². The van der Waals surface area contributed by atoms with E-state index >= 15 is 0 Å². The summed E-state index contributed by atoms with van der Waals surface area (Å²) < 4.78 is 5.93. The van der Waals surface area contributed by atoms with Gasteiger partial charge in [-0.25, -0.2) is 0 Å². The SMILES string of the molecule is CC(COc1ccc(C(C)(C)C)cc1)N1CCNCC1. The van der Waals surface area contributed by atoms with Gasteiger partial charge in [-0.05, 0) is 30.0 Å². The topological polar surface area (TPSA) is 24.5 Å². The fourth-order valence-corrected chi connectivity index (χ4v) is 2.50. The number of hydrogen-bond acceptors (Lipinski definition) is 3. The molecule has 1 unspecified atom stereocenters. The summed E-state index contributed by atoms with van der Waals surface area (Å²) in [6, 6.07) is 8.99.